The third kappa shape index (κ3) is 3.67. The molecule has 0 aromatic heterocycles. The van der Waals surface area contributed by atoms with Gasteiger partial charge in [-0.25, -0.2) is 4.79 Å². The number of benzene rings is 1. The zero-order valence-corrected chi connectivity index (χ0v) is 13.4. The summed E-state index contributed by atoms with van der Waals surface area (Å²) in [5.74, 6) is 0.116. The number of carbonyl (C=O) groups is 2. The van der Waals surface area contributed by atoms with Gasteiger partial charge in [0.25, 0.3) is 0 Å². The molecule has 0 N–H and O–H groups in total. The van der Waals surface area contributed by atoms with Crippen molar-refractivity contribution in [2.45, 2.75) is 58.2 Å². The number of piperidine rings is 1. The van der Waals surface area contributed by atoms with Crippen LogP contribution in [0.5, 0.6) is 0 Å². The number of fused-ring (bicyclic) bond motifs is 2. The van der Waals surface area contributed by atoms with Gasteiger partial charge in [0.2, 0.25) is 0 Å². The SMILES string of the molecule is CC.O=CC1C[C@H]2CC[C@@H](C1)N2C(=O)OCc1ccccc1. The highest BCUT2D eigenvalue weighted by Gasteiger charge is 2.43. The Balaban J connectivity index is 0.000000847. The zero-order valence-electron chi connectivity index (χ0n) is 13.4. The molecule has 2 aliphatic rings. The summed E-state index contributed by atoms with van der Waals surface area (Å²) in [6, 6.07) is 10.1. The maximum Gasteiger partial charge on any atom is 0.410 e. The first kappa shape index (κ1) is 16.5. The molecule has 3 rings (SSSR count). The first-order valence-electron chi connectivity index (χ1n) is 8.22. The molecule has 1 amide bonds. The van der Waals surface area contributed by atoms with Crippen LogP contribution >= 0.6 is 0 Å². The van der Waals surface area contributed by atoms with Gasteiger partial charge in [0.05, 0.1) is 0 Å². The molecule has 0 radical (unpaired) electrons. The predicted octanol–water partition coefficient (Wildman–Crippen LogP) is 3.79. The van der Waals surface area contributed by atoms with Crippen LogP contribution in [-0.2, 0) is 16.1 Å². The van der Waals surface area contributed by atoms with E-state index in [-0.39, 0.29) is 24.1 Å². The quantitative estimate of drug-likeness (QED) is 0.798. The summed E-state index contributed by atoms with van der Waals surface area (Å²) in [5, 5.41) is 0. The number of hydrogen-bond acceptors (Lipinski definition) is 3. The van der Waals surface area contributed by atoms with Gasteiger partial charge in [-0.05, 0) is 31.2 Å². The summed E-state index contributed by atoms with van der Waals surface area (Å²) >= 11 is 0. The Bertz CT molecular complexity index is 474. The molecular weight excluding hydrogens is 278 g/mol. The first-order valence-corrected chi connectivity index (χ1v) is 8.22. The van der Waals surface area contributed by atoms with Crippen LogP contribution in [0, 0.1) is 5.92 Å². The molecule has 1 aromatic rings. The maximum absolute atomic E-state index is 12.2. The molecular formula is C18H25NO3. The minimum atomic E-state index is -0.231. The normalized spacial score (nSPS) is 25.9. The van der Waals surface area contributed by atoms with Crippen molar-refractivity contribution in [2.75, 3.05) is 0 Å². The molecule has 0 saturated carbocycles. The molecule has 22 heavy (non-hydrogen) atoms. The molecule has 0 spiro atoms. The number of aldehydes is 1. The highest BCUT2D eigenvalue weighted by Crippen LogP contribution is 2.38. The van der Waals surface area contributed by atoms with E-state index in [1.165, 1.54) is 0 Å². The fourth-order valence-corrected chi connectivity index (χ4v) is 3.42. The van der Waals surface area contributed by atoms with Crippen molar-refractivity contribution in [3.63, 3.8) is 0 Å². The van der Waals surface area contributed by atoms with Gasteiger partial charge in [0.1, 0.15) is 12.9 Å². The fraction of sp³-hybridized carbons (Fsp3) is 0.556. The minimum absolute atomic E-state index is 0.116. The molecule has 2 fully saturated rings. The lowest BCUT2D eigenvalue weighted by molar-refractivity contribution is -0.113. The number of rotatable bonds is 3. The highest BCUT2D eigenvalue weighted by atomic mass is 16.6. The van der Waals surface area contributed by atoms with Crippen molar-refractivity contribution in [1.82, 2.24) is 4.90 Å². The Labute approximate surface area is 132 Å². The highest BCUT2D eigenvalue weighted by molar-refractivity contribution is 5.69. The monoisotopic (exact) mass is 303 g/mol. The second kappa shape index (κ2) is 7.97. The van der Waals surface area contributed by atoms with Crippen LogP contribution in [0.4, 0.5) is 4.79 Å². The molecule has 2 aliphatic heterocycles. The van der Waals surface area contributed by atoms with Crippen molar-refractivity contribution < 1.29 is 14.3 Å². The van der Waals surface area contributed by atoms with Crippen molar-refractivity contribution in [3.8, 4) is 0 Å². The van der Waals surface area contributed by atoms with Gasteiger partial charge in [0, 0.05) is 18.0 Å². The largest absolute Gasteiger partial charge is 0.445 e. The summed E-state index contributed by atoms with van der Waals surface area (Å²) in [7, 11) is 0. The van der Waals surface area contributed by atoms with E-state index in [4.69, 9.17) is 4.74 Å². The standard InChI is InChI=1S/C16H19NO3.C2H6/c18-10-13-8-14-6-7-15(9-13)17(14)16(19)20-11-12-4-2-1-3-5-12;1-2/h1-5,10,13-15H,6-9,11H2;1-2H3/t13?,14-,15+;. The number of nitrogens with zero attached hydrogens (tertiary/aromatic N) is 1. The number of hydrogen-bond donors (Lipinski definition) is 0. The molecule has 2 saturated heterocycles. The third-order valence-corrected chi connectivity index (χ3v) is 4.38. The Kier molecular flexibility index (Phi) is 5.99. The Morgan fingerprint density at radius 1 is 1.18 bits per heavy atom. The van der Waals surface area contributed by atoms with E-state index >= 15 is 0 Å². The van der Waals surface area contributed by atoms with Crippen LogP contribution in [0.15, 0.2) is 30.3 Å². The minimum Gasteiger partial charge on any atom is -0.445 e. The molecule has 4 nitrogen and oxygen atoms in total. The van der Waals surface area contributed by atoms with E-state index < -0.39 is 0 Å². The average molecular weight is 303 g/mol. The van der Waals surface area contributed by atoms with Crippen LogP contribution in [0.3, 0.4) is 0 Å². The van der Waals surface area contributed by atoms with Gasteiger partial charge >= 0.3 is 6.09 Å². The van der Waals surface area contributed by atoms with Crippen molar-refractivity contribution in [3.05, 3.63) is 35.9 Å². The van der Waals surface area contributed by atoms with E-state index in [1.54, 1.807) is 0 Å². The molecule has 2 heterocycles. The molecule has 2 bridgehead atoms. The lowest BCUT2D eigenvalue weighted by atomic mass is 9.92. The lowest BCUT2D eigenvalue weighted by Gasteiger charge is -2.36. The number of carbonyl (C=O) groups excluding carboxylic acids is 2. The molecule has 1 unspecified atom stereocenters. The smallest absolute Gasteiger partial charge is 0.410 e. The first-order chi connectivity index (χ1) is 10.8. The lowest BCUT2D eigenvalue weighted by Crippen LogP contribution is -2.47. The summed E-state index contributed by atoms with van der Waals surface area (Å²) < 4.78 is 5.42. The van der Waals surface area contributed by atoms with Gasteiger partial charge in [0.15, 0.2) is 0 Å². The fourth-order valence-electron chi connectivity index (χ4n) is 3.42. The van der Waals surface area contributed by atoms with Gasteiger partial charge in [-0.1, -0.05) is 44.2 Å². The van der Waals surface area contributed by atoms with Crippen molar-refractivity contribution in [2.24, 2.45) is 5.92 Å². The van der Waals surface area contributed by atoms with E-state index in [9.17, 15) is 9.59 Å². The van der Waals surface area contributed by atoms with Gasteiger partial charge in [-0.2, -0.15) is 0 Å². The second-order valence-corrected chi connectivity index (χ2v) is 5.70. The third-order valence-electron chi connectivity index (χ3n) is 4.38. The topological polar surface area (TPSA) is 46.6 Å². The zero-order chi connectivity index (χ0) is 15.9. The van der Waals surface area contributed by atoms with Gasteiger partial charge in [-0.3, -0.25) is 0 Å². The summed E-state index contributed by atoms with van der Waals surface area (Å²) in [5.41, 5.74) is 0.996. The van der Waals surface area contributed by atoms with Crippen molar-refractivity contribution >= 4 is 12.4 Å². The van der Waals surface area contributed by atoms with E-state index in [0.29, 0.717) is 6.61 Å². The average Bonchev–Trinajstić information content (AvgIpc) is 2.85. The van der Waals surface area contributed by atoms with E-state index in [2.05, 4.69) is 0 Å². The molecule has 1 aromatic carbocycles. The second-order valence-electron chi connectivity index (χ2n) is 5.70. The number of amides is 1. The Morgan fingerprint density at radius 2 is 1.77 bits per heavy atom. The molecule has 0 aliphatic carbocycles. The van der Waals surface area contributed by atoms with Crippen molar-refractivity contribution in [1.29, 1.82) is 0 Å². The molecule has 120 valence electrons. The van der Waals surface area contributed by atoms with Crippen LogP contribution in [0.2, 0.25) is 0 Å². The van der Waals surface area contributed by atoms with Gasteiger partial charge < -0.3 is 14.4 Å². The predicted molar refractivity (Wildman–Crippen MR) is 85.4 cm³/mol. The summed E-state index contributed by atoms with van der Waals surface area (Å²) in [6.45, 7) is 4.31. The van der Waals surface area contributed by atoms with Crippen LogP contribution in [0.25, 0.3) is 0 Å². The van der Waals surface area contributed by atoms with Crippen LogP contribution in [0.1, 0.15) is 45.1 Å². The van der Waals surface area contributed by atoms with Crippen LogP contribution in [-0.4, -0.2) is 29.4 Å². The molecule has 3 atom stereocenters. The van der Waals surface area contributed by atoms with E-state index in [0.717, 1.165) is 37.5 Å². The van der Waals surface area contributed by atoms with E-state index in [1.807, 2.05) is 49.1 Å². The number of ether oxygens (including phenoxy) is 1. The molecule has 4 heteroatoms. The maximum atomic E-state index is 12.2. The summed E-state index contributed by atoms with van der Waals surface area (Å²) in [4.78, 5) is 25.0. The summed E-state index contributed by atoms with van der Waals surface area (Å²) in [6.07, 6.45) is 4.38. The van der Waals surface area contributed by atoms with Gasteiger partial charge in [-0.15, -0.1) is 0 Å². The van der Waals surface area contributed by atoms with Crippen LogP contribution < -0.4 is 0 Å². The Hall–Kier alpha value is -1.84. The Morgan fingerprint density at radius 3 is 2.32 bits per heavy atom.